The molecule has 1 amide bonds. The van der Waals surface area contributed by atoms with E-state index < -0.39 is 17.7 Å². The summed E-state index contributed by atoms with van der Waals surface area (Å²) in [7, 11) is 1.52. The molecule has 0 saturated carbocycles. The SMILES string of the molecule is COCCN1C(=O)C(=O)/C(=C(/O)c2ccc(OCc3ccccc3)cc2)[C@H]1c1cccnc1. The topological polar surface area (TPSA) is 89.0 Å². The second kappa shape index (κ2) is 10.1. The minimum atomic E-state index is -0.747. The molecule has 0 aliphatic carbocycles. The van der Waals surface area contributed by atoms with Crippen LogP contribution < -0.4 is 4.74 Å². The van der Waals surface area contributed by atoms with Crippen molar-refractivity contribution in [3.8, 4) is 5.75 Å². The van der Waals surface area contributed by atoms with Gasteiger partial charge < -0.3 is 19.5 Å². The van der Waals surface area contributed by atoms with Crippen LogP contribution in [0.1, 0.15) is 22.7 Å². The Hall–Kier alpha value is -3.97. The van der Waals surface area contributed by atoms with Gasteiger partial charge in [0.2, 0.25) is 0 Å². The maximum atomic E-state index is 12.9. The quantitative estimate of drug-likeness (QED) is 0.324. The van der Waals surface area contributed by atoms with E-state index in [0.717, 1.165) is 5.56 Å². The van der Waals surface area contributed by atoms with Gasteiger partial charge in [-0.05, 0) is 41.5 Å². The molecular formula is C26H24N2O5. The molecule has 1 aromatic heterocycles. The number of hydrogen-bond acceptors (Lipinski definition) is 6. The van der Waals surface area contributed by atoms with Gasteiger partial charge in [-0.3, -0.25) is 14.6 Å². The lowest BCUT2D eigenvalue weighted by Gasteiger charge is -2.24. The van der Waals surface area contributed by atoms with E-state index in [9.17, 15) is 14.7 Å². The standard InChI is InChI=1S/C26H24N2O5/c1-32-15-14-28-23(20-8-5-13-27-16-20)22(25(30)26(28)31)24(29)19-9-11-21(12-10-19)33-17-18-6-3-2-4-7-18/h2-13,16,23,29H,14-15,17H2,1H3/b24-22+/t23-/m1/s1. The molecule has 1 aliphatic heterocycles. The van der Waals surface area contributed by atoms with Gasteiger partial charge in [-0.2, -0.15) is 0 Å². The molecule has 3 aromatic rings. The van der Waals surface area contributed by atoms with E-state index >= 15 is 0 Å². The van der Waals surface area contributed by atoms with E-state index in [1.807, 2.05) is 30.3 Å². The Kier molecular flexibility index (Phi) is 6.80. The third-order valence-electron chi connectivity index (χ3n) is 5.45. The summed E-state index contributed by atoms with van der Waals surface area (Å²) in [6.07, 6.45) is 3.20. The van der Waals surface area contributed by atoms with Gasteiger partial charge in [0.05, 0.1) is 18.2 Å². The summed E-state index contributed by atoms with van der Waals surface area (Å²) in [4.78, 5) is 31.2. The van der Waals surface area contributed by atoms with Crippen molar-refractivity contribution in [2.45, 2.75) is 12.6 Å². The van der Waals surface area contributed by atoms with Gasteiger partial charge in [0.1, 0.15) is 18.1 Å². The molecule has 0 unspecified atom stereocenters. The van der Waals surface area contributed by atoms with Crippen LogP contribution in [0.25, 0.3) is 5.76 Å². The highest BCUT2D eigenvalue weighted by molar-refractivity contribution is 6.46. The van der Waals surface area contributed by atoms with Crippen molar-refractivity contribution in [1.82, 2.24) is 9.88 Å². The number of benzene rings is 2. The van der Waals surface area contributed by atoms with Crippen molar-refractivity contribution in [3.63, 3.8) is 0 Å². The number of hydrogen-bond donors (Lipinski definition) is 1. The normalized spacial score (nSPS) is 17.4. The highest BCUT2D eigenvalue weighted by atomic mass is 16.5. The lowest BCUT2D eigenvalue weighted by Crippen LogP contribution is -2.32. The number of nitrogens with zero attached hydrogens (tertiary/aromatic N) is 2. The fourth-order valence-corrected chi connectivity index (χ4v) is 3.79. The van der Waals surface area contributed by atoms with Crippen molar-refractivity contribution in [2.24, 2.45) is 0 Å². The number of carbonyl (C=O) groups is 2. The second-order valence-corrected chi connectivity index (χ2v) is 7.57. The van der Waals surface area contributed by atoms with Crippen molar-refractivity contribution in [2.75, 3.05) is 20.3 Å². The fraction of sp³-hybridized carbons (Fsp3) is 0.192. The first-order valence-corrected chi connectivity index (χ1v) is 10.5. The van der Waals surface area contributed by atoms with E-state index in [1.54, 1.807) is 48.8 Å². The molecule has 1 atom stereocenters. The Balaban J connectivity index is 1.63. The summed E-state index contributed by atoms with van der Waals surface area (Å²) >= 11 is 0. The summed E-state index contributed by atoms with van der Waals surface area (Å²) in [6.45, 7) is 0.888. The van der Waals surface area contributed by atoms with E-state index in [-0.39, 0.29) is 24.5 Å². The number of ether oxygens (including phenoxy) is 2. The number of amides is 1. The number of likely N-dealkylation sites (tertiary alicyclic amines) is 1. The lowest BCUT2D eigenvalue weighted by molar-refractivity contribution is -0.140. The maximum absolute atomic E-state index is 12.9. The minimum absolute atomic E-state index is 0.0297. The highest BCUT2D eigenvalue weighted by Gasteiger charge is 2.45. The third kappa shape index (κ3) is 4.78. The molecule has 0 spiro atoms. The lowest BCUT2D eigenvalue weighted by atomic mass is 9.96. The molecule has 1 N–H and O–H groups in total. The van der Waals surface area contributed by atoms with Crippen LogP contribution in [0, 0.1) is 0 Å². The predicted molar refractivity (Wildman–Crippen MR) is 122 cm³/mol. The van der Waals surface area contributed by atoms with Gasteiger partial charge >= 0.3 is 0 Å². The predicted octanol–water partition coefficient (Wildman–Crippen LogP) is 3.73. The molecule has 4 rings (SSSR count). The van der Waals surface area contributed by atoms with Crippen molar-refractivity contribution in [1.29, 1.82) is 0 Å². The maximum Gasteiger partial charge on any atom is 0.295 e. The number of methoxy groups -OCH3 is 1. The number of aromatic nitrogens is 1. The summed E-state index contributed by atoms with van der Waals surface area (Å²) in [5.74, 6) is -1.02. The molecule has 0 radical (unpaired) electrons. The highest BCUT2D eigenvalue weighted by Crippen LogP contribution is 2.39. The molecule has 2 heterocycles. The van der Waals surface area contributed by atoms with E-state index in [0.29, 0.717) is 23.5 Å². The Bertz CT molecular complexity index is 1140. The van der Waals surface area contributed by atoms with E-state index in [2.05, 4.69) is 4.98 Å². The number of aliphatic hydroxyl groups is 1. The van der Waals surface area contributed by atoms with Crippen LogP contribution in [0.15, 0.2) is 84.7 Å². The van der Waals surface area contributed by atoms with Crippen molar-refractivity contribution in [3.05, 3.63) is 101 Å². The molecule has 1 saturated heterocycles. The van der Waals surface area contributed by atoms with Crippen LogP contribution in [0.2, 0.25) is 0 Å². The largest absolute Gasteiger partial charge is 0.507 e. The van der Waals surface area contributed by atoms with Crippen molar-refractivity contribution < 1.29 is 24.2 Å². The number of ketones is 1. The number of carbonyl (C=O) groups excluding carboxylic acids is 2. The van der Waals surface area contributed by atoms with Crippen LogP contribution in [0.4, 0.5) is 0 Å². The molecule has 2 aromatic carbocycles. The number of aliphatic hydroxyl groups excluding tert-OH is 1. The Morgan fingerprint density at radius 2 is 1.79 bits per heavy atom. The molecule has 0 bridgehead atoms. The zero-order chi connectivity index (χ0) is 23.2. The van der Waals surface area contributed by atoms with E-state index in [1.165, 1.54) is 12.0 Å². The monoisotopic (exact) mass is 444 g/mol. The Morgan fingerprint density at radius 3 is 2.45 bits per heavy atom. The van der Waals surface area contributed by atoms with Gasteiger partial charge in [0.15, 0.2) is 0 Å². The van der Waals surface area contributed by atoms with Gasteiger partial charge in [0.25, 0.3) is 11.7 Å². The van der Waals surface area contributed by atoms with Crippen LogP contribution >= 0.6 is 0 Å². The number of Topliss-reactive ketones (excluding diaryl/α,β-unsaturated/α-hetero) is 1. The van der Waals surface area contributed by atoms with Crippen LogP contribution in [-0.4, -0.2) is 46.9 Å². The molecule has 1 fully saturated rings. The first-order valence-electron chi connectivity index (χ1n) is 10.5. The molecular weight excluding hydrogens is 420 g/mol. The average molecular weight is 444 g/mol. The molecule has 7 nitrogen and oxygen atoms in total. The molecule has 33 heavy (non-hydrogen) atoms. The summed E-state index contributed by atoms with van der Waals surface area (Å²) in [6, 6.07) is 19.3. The van der Waals surface area contributed by atoms with E-state index in [4.69, 9.17) is 9.47 Å². The smallest absolute Gasteiger partial charge is 0.295 e. The van der Waals surface area contributed by atoms with Gasteiger partial charge in [0, 0.05) is 31.6 Å². The van der Waals surface area contributed by atoms with Gasteiger partial charge in [-0.25, -0.2) is 0 Å². The summed E-state index contributed by atoms with van der Waals surface area (Å²) < 4.78 is 10.9. The molecule has 1 aliphatic rings. The first-order chi connectivity index (χ1) is 16.1. The number of pyridine rings is 1. The Labute approximate surface area is 191 Å². The van der Waals surface area contributed by atoms with Gasteiger partial charge in [-0.1, -0.05) is 36.4 Å². The zero-order valence-corrected chi connectivity index (χ0v) is 18.2. The second-order valence-electron chi connectivity index (χ2n) is 7.57. The average Bonchev–Trinajstić information content (AvgIpc) is 3.12. The van der Waals surface area contributed by atoms with Crippen molar-refractivity contribution >= 4 is 17.4 Å². The fourth-order valence-electron chi connectivity index (χ4n) is 3.79. The summed E-state index contributed by atoms with van der Waals surface area (Å²) in [5.41, 5.74) is 2.12. The van der Waals surface area contributed by atoms with Crippen LogP contribution in [-0.2, 0) is 20.9 Å². The first kappa shape index (κ1) is 22.2. The minimum Gasteiger partial charge on any atom is -0.507 e. The number of rotatable bonds is 8. The zero-order valence-electron chi connectivity index (χ0n) is 18.2. The Morgan fingerprint density at radius 1 is 1.03 bits per heavy atom. The van der Waals surface area contributed by atoms with Crippen LogP contribution in [0.3, 0.4) is 0 Å². The summed E-state index contributed by atoms with van der Waals surface area (Å²) in [5, 5.41) is 11.1. The van der Waals surface area contributed by atoms with Gasteiger partial charge in [-0.15, -0.1) is 0 Å². The van der Waals surface area contributed by atoms with Crippen LogP contribution in [0.5, 0.6) is 5.75 Å². The molecule has 168 valence electrons. The molecule has 7 heteroatoms. The third-order valence-corrected chi connectivity index (χ3v) is 5.45.